The molecule has 3 aromatic rings. The summed E-state index contributed by atoms with van der Waals surface area (Å²) in [6.45, 7) is 6.71. The standard InChI is InChI=1S/C22H26N4O5S/c1-13-9-14(2)11-26(10-13)32(29,30)17-7-5-16(6-8-17)24-20(27)18-15(3)31-21-19(18)22(28)25(4)12-23-21/h5-8,12-14H,9-11H2,1-4H3,(H,24,27). The third kappa shape index (κ3) is 3.95. The van der Waals surface area contributed by atoms with Gasteiger partial charge in [-0.3, -0.25) is 9.59 Å². The van der Waals surface area contributed by atoms with Gasteiger partial charge in [0.25, 0.3) is 11.5 Å². The van der Waals surface area contributed by atoms with Crippen LogP contribution in [0.1, 0.15) is 36.4 Å². The van der Waals surface area contributed by atoms with Crippen molar-refractivity contribution in [2.45, 2.75) is 32.1 Å². The van der Waals surface area contributed by atoms with Crippen molar-refractivity contribution in [3.8, 4) is 0 Å². The fourth-order valence-corrected chi connectivity index (χ4v) is 6.00. The molecule has 2 atom stereocenters. The van der Waals surface area contributed by atoms with E-state index in [0.29, 0.717) is 30.6 Å². The fraction of sp³-hybridized carbons (Fsp3) is 0.409. The van der Waals surface area contributed by atoms with Gasteiger partial charge in [-0.15, -0.1) is 0 Å². The molecule has 0 aliphatic carbocycles. The number of amides is 1. The summed E-state index contributed by atoms with van der Waals surface area (Å²) < 4.78 is 34.4. The summed E-state index contributed by atoms with van der Waals surface area (Å²) in [5.74, 6) is 0.367. The molecule has 3 heterocycles. The summed E-state index contributed by atoms with van der Waals surface area (Å²) in [7, 11) is -2.07. The summed E-state index contributed by atoms with van der Waals surface area (Å²) in [6, 6.07) is 6.04. The number of carbonyl (C=O) groups is 1. The van der Waals surface area contributed by atoms with Crippen molar-refractivity contribution in [3.63, 3.8) is 0 Å². The van der Waals surface area contributed by atoms with Crippen LogP contribution < -0.4 is 10.9 Å². The predicted molar refractivity (Wildman–Crippen MR) is 120 cm³/mol. The van der Waals surface area contributed by atoms with Crippen LogP contribution in [0.2, 0.25) is 0 Å². The molecule has 1 aliphatic rings. The van der Waals surface area contributed by atoms with Gasteiger partial charge in [-0.25, -0.2) is 13.4 Å². The first-order valence-corrected chi connectivity index (χ1v) is 11.9. The van der Waals surface area contributed by atoms with E-state index in [4.69, 9.17) is 4.42 Å². The largest absolute Gasteiger partial charge is 0.442 e. The first kappa shape index (κ1) is 22.2. The number of aryl methyl sites for hydroxylation is 2. The minimum absolute atomic E-state index is 0.0992. The Labute approximate surface area is 186 Å². The number of hydrogen-bond donors (Lipinski definition) is 1. The van der Waals surface area contributed by atoms with Crippen molar-refractivity contribution in [2.75, 3.05) is 18.4 Å². The first-order valence-electron chi connectivity index (χ1n) is 10.4. The van der Waals surface area contributed by atoms with Crippen molar-refractivity contribution in [2.24, 2.45) is 18.9 Å². The molecule has 4 rings (SSSR count). The van der Waals surface area contributed by atoms with Crippen molar-refractivity contribution < 1.29 is 17.6 Å². The van der Waals surface area contributed by atoms with Crippen LogP contribution in [0, 0.1) is 18.8 Å². The quantitative estimate of drug-likeness (QED) is 0.643. The van der Waals surface area contributed by atoms with E-state index < -0.39 is 15.9 Å². The van der Waals surface area contributed by atoms with E-state index in [0.717, 1.165) is 6.42 Å². The van der Waals surface area contributed by atoms with Gasteiger partial charge in [0.05, 0.1) is 10.5 Å². The second kappa shape index (κ2) is 8.18. The smallest absolute Gasteiger partial charge is 0.265 e. The van der Waals surface area contributed by atoms with Crippen LogP contribution in [0.4, 0.5) is 5.69 Å². The number of piperidine rings is 1. The molecule has 32 heavy (non-hydrogen) atoms. The van der Waals surface area contributed by atoms with Crippen LogP contribution in [0.15, 0.2) is 44.7 Å². The number of rotatable bonds is 4. The number of fused-ring (bicyclic) bond motifs is 1. The highest BCUT2D eigenvalue weighted by molar-refractivity contribution is 7.89. The highest BCUT2D eigenvalue weighted by Crippen LogP contribution is 2.28. The number of anilines is 1. The lowest BCUT2D eigenvalue weighted by Gasteiger charge is -2.34. The Morgan fingerprint density at radius 3 is 2.41 bits per heavy atom. The molecule has 2 unspecified atom stereocenters. The fourth-order valence-electron chi connectivity index (χ4n) is 4.32. The first-order chi connectivity index (χ1) is 15.1. The summed E-state index contributed by atoms with van der Waals surface area (Å²) in [5.41, 5.74) is 0.232. The van der Waals surface area contributed by atoms with E-state index in [9.17, 15) is 18.0 Å². The summed E-state index contributed by atoms with van der Waals surface area (Å²) in [6.07, 6.45) is 2.34. The van der Waals surface area contributed by atoms with Gasteiger partial charge in [-0.05, 0) is 49.4 Å². The zero-order valence-electron chi connectivity index (χ0n) is 18.5. The van der Waals surface area contributed by atoms with E-state index in [1.165, 1.54) is 39.5 Å². The van der Waals surface area contributed by atoms with Crippen LogP contribution in [0.25, 0.3) is 11.1 Å². The molecule has 0 radical (unpaired) electrons. The Hall–Kier alpha value is -2.98. The molecule has 2 aromatic heterocycles. The van der Waals surface area contributed by atoms with Gasteiger partial charge >= 0.3 is 0 Å². The molecule has 1 aliphatic heterocycles. The minimum Gasteiger partial charge on any atom is -0.442 e. The Balaban J connectivity index is 1.58. The number of nitrogens with one attached hydrogen (secondary N) is 1. The maximum atomic E-state index is 13.0. The minimum atomic E-state index is -3.61. The van der Waals surface area contributed by atoms with Crippen LogP contribution in [0.3, 0.4) is 0 Å². The van der Waals surface area contributed by atoms with Crippen LogP contribution in [0.5, 0.6) is 0 Å². The lowest BCUT2D eigenvalue weighted by atomic mass is 9.94. The highest BCUT2D eigenvalue weighted by Gasteiger charge is 2.31. The Morgan fingerprint density at radius 1 is 1.16 bits per heavy atom. The number of nitrogens with zero attached hydrogens (tertiary/aromatic N) is 3. The van der Waals surface area contributed by atoms with E-state index in [-0.39, 0.29) is 32.9 Å². The van der Waals surface area contributed by atoms with Gasteiger partial charge in [0, 0.05) is 25.8 Å². The molecular formula is C22H26N4O5S. The molecule has 1 fully saturated rings. The maximum absolute atomic E-state index is 13.0. The normalized spacial score (nSPS) is 19.9. The van der Waals surface area contributed by atoms with Crippen molar-refractivity contribution in [1.82, 2.24) is 13.9 Å². The van der Waals surface area contributed by atoms with Crippen LogP contribution in [-0.2, 0) is 17.1 Å². The molecule has 0 saturated carbocycles. The topological polar surface area (TPSA) is 115 Å². The second-order valence-electron chi connectivity index (χ2n) is 8.62. The Morgan fingerprint density at radius 2 is 1.78 bits per heavy atom. The molecule has 10 heteroatoms. The average molecular weight is 459 g/mol. The molecule has 0 spiro atoms. The van der Waals surface area contributed by atoms with Gasteiger partial charge in [0.15, 0.2) is 0 Å². The third-order valence-corrected chi connectivity index (χ3v) is 7.61. The molecule has 1 amide bonds. The van der Waals surface area contributed by atoms with Gasteiger partial charge in [-0.2, -0.15) is 4.31 Å². The van der Waals surface area contributed by atoms with Crippen molar-refractivity contribution in [1.29, 1.82) is 0 Å². The highest BCUT2D eigenvalue weighted by atomic mass is 32.2. The van der Waals surface area contributed by atoms with Gasteiger partial charge < -0.3 is 14.3 Å². The van der Waals surface area contributed by atoms with E-state index in [1.54, 1.807) is 14.0 Å². The zero-order chi connectivity index (χ0) is 23.2. The molecular weight excluding hydrogens is 432 g/mol. The maximum Gasteiger partial charge on any atom is 0.265 e. The Bertz CT molecular complexity index is 1330. The predicted octanol–water partition coefficient (Wildman–Crippen LogP) is 2.75. The average Bonchev–Trinajstić information content (AvgIpc) is 3.07. The summed E-state index contributed by atoms with van der Waals surface area (Å²) in [5, 5.41) is 2.82. The van der Waals surface area contributed by atoms with Crippen molar-refractivity contribution in [3.05, 3.63) is 52.3 Å². The van der Waals surface area contributed by atoms with Crippen LogP contribution >= 0.6 is 0 Å². The SMILES string of the molecule is Cc1oc2ncn(C)c(=O)c2c1C(=O)Nc1ccc(S(=O)(=O)N2CC(C)CC(C)C2)cc1. The molecule has 1 N–H and O–H groups in total. The van der Waals surface area contributed by atoms with E-state index in [1.807, 2.05) is 0 Å². The Kier molecular flexibility index (Phi) is 5.68. The third-order valence-electron chi connectivity index (χ3n) is 5.76. The van der Waals surface area contributed by atoms with Crippen molar-refractivity contribution >= 4 is 32.7 Å². The number of carbonyl (C=O) groups excluding carboxylic acids is 1. The molecule has 1 aromatic carbocycles. The van der Waals surface area contributed by atoms with E-state index >= 15 is 0 Å². The lowest BCUT2D eigenvalue weighted by molar-refractivity contribution is 0.102. The van der Waals surface area contributed by atoms with E-state index in [2.05, 4.69) is 24.1 Å². The monoisotopic (exact) mass is 458 g/mol. The molecule has 9 nitrogen and oxygen atoms in total. The summed E-state index contributed by atoms with van der Waals surface area (Å²) in [4.78, 5) is 29.6. The van der Waals surface area contributed by atoms with Gasteiger partial charge in [0.1, 0.15) is 17.5 Å². The number of aromatic nitrogens is 2. The number of sulfonamides is 1. The number of furan rings is 1. The molecule has 1 saturated heterocycles. The number of hydrogen-bond acceptors (Lipinski definition) is 6. The molecule has 170 valence electrons. The summed E-state index contributed by atoms with van der Waals surface area (Å²) >= 11 is 0. The lowest BCUT2D eigenvalue weighted by Crippen LogP contribution is -2.42. The molecule has 0 bridgehead atoms. The van der Waals surface area contributed by atoms with Gasteiger partial charge in [0.2, 0.25) is 15.7 Å². The van der Waals surface area contributed by atoms with Gasteiger partial charge in [-0.1, -0.05) is 13.8 Å². The van der Waals surface area contributed by atoms with Crippen LogP contribution in [-0.4, -0.2) is 41.3 Å². The number of benzene rings is 1. The second-order valence-corrected chi connectivity index (χ2v) is 10.6. The zero-order valence-corrected chi connectivity index (χ0v) is 19.3.